The van der Waals surface area contributed by atoms with Gasteiger partial charge in [-0.1, -0.05) is 64.9 Å². The van der Waals surface area contributed by atoms with Crippen LogP contribution < -0.4 is 4.90 Å². The monoisotopic (exact) mass is 407 g/mol. The zero-order valence-electron chi connectivity index (χ0n) is 12.7. The van der Waals surface area contributed by atoms with E-state index in [1.807, 2.05) is 48.5 Å². The lowest BCUT2D eigenvalue weighted by molar-refractivity contribution is -0.115. The van der Waals surface area contributed by atoms with E-state index in [4.69, 9.17) is 23.2 Å². The minimum atomic E-state index is -0.128. The van der Waals surface area contributed by atoms with Crippen molar-refractivity contribution in [2.24, 2.45) is 0 Å². The Morgan fingerprint density at radius 1 is 1.04 bits per heavy atom. The molecule has 2 aromatic carbocycles. The number of aromatic nitrogens is 2. The maximum atomic E-state index is 12.4. The number of halogens is 2. The first-order valence-electron chi connectivity index (χ1n) is 7.41. The normalized spacial score (nSPS) is 17.3. The summed E-state index contributed by atoms with van der Waals surface area (Å²) in [6.45, 7) is 0. The van der Waals surface area contributed by atoms with Gasteiger partial charge in [-0.3, -0.25) is 9.69 Å². The number of amides is 1. The molecule has 126 valence electrons. The van der Waals surface area contributed by atoms with E-state index >= 15 is 0 Å². The number of anilines is 1. The molecule has 1 saturated heterocycles. The highest BCUT2D eigenvalue weighted by Crippen LogP contribution is 2.44. The third kappa shape index (κ3) is 3.27. The van der Waals surface area contributed by atoms with Gasteiger partial charge in [0.25, 0.3) is 0 Å². The van der Waals surface area contributed by atoms with E-state index in [-0.39, 0.29) is 11.3 Å². The number of benzene rings is 2. The molecule has 0 bridgehead atoms. The second-order valence-electron chi connectivity index (χ2n) is 5.35. The summed E-state index contributed by atoms with van der Waals surface area (Å²) in [5.74, 6) is 0.431. The fourth-order valence-electron chi connectivity index (χ4n) is 2.56. The third-order valence-corrected chi connectivity index (χ3v) is 6.50. The van der Waals surface area contributed by atoms with Crippen LogP contribution in [0.5, 0.6) is 0 Å². The van der Waals surface area contributed by atoms with Crippen molar-refractivity contribution in [3.05, 3.63) is 64.1 Å². The smallest absolute Gasteiger partial charge is 0.240 e. The minimum Gasteiger partial charge on any atom is -0.273 e. The van der Waals surface area contributed by atoms with Gasteiger partial charge in [0.1, 0.15) is 5.37 Å². The van der Waals surface area contributed by atoms with Gasteiger partial charge in [0, 0.05) is 10.6 Å². The Kier molecular flexibility index (Phi) is 4.69. The number of nitrogens with zero attached hydrogens (tertiary/aromatic N) is 3. The van der Waals surface area contributed by atoms with Gasteiger partial charge < -0.3 is 0 Å². The minimum absolute atomic E-state index is 0.0202. The van der Waals surface area contributed by atoms with Crippen LogP contribution in [0.1, 0.15) is 10.9 Å². The Hall–Kier alpha value is -1.60. The van der Waals surface area contributed by atoms with E-state index in [0.29, 0.717) is 25.9 Å². The standard InChI is InChI=1S/C17H11Cl2N3OS2/c18-11-7-5-10(6-8-11)16-22(14(23)9-24-16)17-21-20-15(25-17)12-3-1-2-4-13(12)19/h1-8,16H,9H2. The Balaban J connectivity index is 1.69. The van der Waals surface area contributed by atoms with Crippen LogP contribution in [-0.4, -0.2) is 21.9 Å². The molecule has 1 aromatic heterocycles. The molecule has 0 radical (unpaired) electrons. The highest BCUT2D eigenvalue weighted by molar-refractivity contribution is 8.00. The molecule has 1 fully saturated rings. The van der Waals surface area contributed by atoms with Crippen molar-refractivity contribution in [3.8, 4) is 10.6 Å². The SMILES string of the molecule is O=C1CSC(c2ccc(Cl)cc2)N1c1nnc(-c2ccccc2Cl)s1. The van der Waals surface area contributed by atoms with Gasteiger partial charge in [-0.05, 0) is 23.8 Å². The van der Waals surface area contributed by atoms with Gasteiger partial charge in [-0.25, -0.2) is 0 Å². The molecule has 0 aliphatic carbocycles. The molecular formula is C17H11Cl2N3OS2. The molecule has 2 heterocycles. The molecule has 0 saturated carbocycles. The van der Waals surface area contributed by atoms with Crippen molar-refractivity contribution in [3.63, 3.8) is 0 Å². The second-order valence-corrected chi connectivity index (χ2v) is 8.22. The summed E-state index contributed by atoms with van der Waals surface area (Å²) in [5.41, 5.74) is 1.82. The maximum Gasteiger partial charge on any atom is 0.240 e. The van der Waals surface area contributed by atoms with Crippen molar-refractivity contribution in [2.75, 3.05) is 10.7 Å². The highest BCUT2D eigenvalue weighted by atomic mass is 35.5. The lowest BCUT2D eigenvalue weighted by atomic mass is 10.2. The molecule has 3 aromatic rings. The highest BCUT2D eigenvalue weighted by Gasteiger charge is 2.36. The van der Waals surface area contributed by atoms with Crippen LogP contribution in [0, 0.1) is 0 Å². The molecule has 0 N–H and O–H groups in total. The molecule has 4 nitrogen and oxygen atoms in total. The van der Waals surface area contributed by atoms with Crippen molar-refractivity contribution >= 4 is 57.3 Å². The fraction of sp³-hybridized carbons (Fsp3) is 0.118. The summed E-state index contributed by atoms with van der Waals surface area (Å²) in [7, 11) is 0. The summed E-state index contributed by atoms with van der Waals surface area (Å²) >= 11 is 15.1. The van der Waals surface area contributed by atoms with Crippen LogP contribution in [0.25, 0.3) is 10.6 Å². The van der Waals surface area contributed by atoms with Gasteiger partial charge in [0.05, 0.1) is 10.8 Å². The number of thioether (sulfide) groups is 1. The van der Waals surface area contributed by atoms with Crippen LogP contribution in [-0.2, 0) is 4.79 Å². The largest absolute Gasteiger partial charge is 0.273 e. The number of hydrogen-bond donors (Lipinski definition) is 0. The predicted octanol–water partition coefficient (Wildman–Crippen LogP) is 5.29. The molecule has 1 aliphatic heterocycles. The Morgan fingerprint density at radius 2 is 1.80 bits per heavy atom. The van der Waals surface area contributed by atoms with Gasteiger partial charge >= 0.3 is 0 Å². The Bertz CT molecular complexity index is 930. The zero-order chi connectivity index (χ0) is 17.4. The van der Waals surface area contributed by atoms with Crippen molar-refractivity contribution in [1.82, 2.24) is 10.2 Å². The quantitative estimate of drug-likeness (QED) is 0.591. The van der Waals surface area contributed by atoms with Gasteiger partial charge in [-0.2, -0.15) is 0 Å². The summed E-state index contributed by atoms with van der Waals surface area (Å²) in [5, 5.41) is 10.9. The van der Waals surface area contributed by atoms with E-state index in [9.17, 15) is 4.79 Å². The van der Waals surface area contributed by atoms with Crippen molar-refractivity contribution in [2.45, 2.75) is 5.37 Å². The van der Waals surface area contributed by atoms with Gasteiger partial charge in [-0.15, -0.1) is 22.0 Å². The second kappa shape index (κ2) is 6.96. The van der Waals surface area contributed by atoms with Crippen molar-refractivity contribution in [1.29, 1.82) is 0 Å². The fourth-order valence-corrected chi connectivity index (χ4v) is 5.12. The molecule has 1 aliphatic rings. The summed E-state index contributed by atoms with van der Waals surface area (Å²) in [6, 6.07) is 15.0. The number of carbonyl (C=O) groups excluding carboxylic acids is 1. The lowest BCUT2D eigenvalue weighted by Gasteiger charge is -2.20. The van der Waals surface area contributed by atoms with Crippen LogP contribution in [0.2, 0.25) is 10.0 Å². The van der Waals surface area contributed by atoms with E-state index < -0.39 is 0 Å². The maximum absolute atomic E-state index is 12.4. The molecule has 1 amide bonds. The van der Waals surface area contributed by atoms with E-state index in [1.54, 1.807) is 16.7 Å². The Morgan fingerprint density at radius 3 is 2.56 bits per heavy atom. The van der Waals surface area contributed by atoms with Gasteiger partial charge in [0.2, 0.25) is 11.0 Å². The van der Waals surface area contributed by atoms with Crippen molar-refractivity contribution < 1.29 is 4.79 Å². The van der Waals surface area contributed by atoms with Crippen LogP contribution >= 0.6 is 46.3 Å². The average molecular weight is 408 g/mol. The molecule has 4 rings (SSSR count). The van der Waals surface area contributed by atoms with Crippen LogP contribution in [0.4, 0.5) is 5.13 Å². The van der Waals surface area contributed by atoms with E-state index in [1.165, 1.54) is 11.3 Å². The number of rotatable bonds is 3. The average Bonchev–Trinajstić information content (AvgIpc) is 3.22. The Labute approximate surface area is 162 Å². The zero-order valence-corrected chi connectivity index (χ0v) is 15.9. The first-order valence-corrected chi connectivity index (χ1v) is 10.0. The van der Waals surface area contributed by atoms with E-state index in [0.717, 1.165) is 11.1 Å². The van der Waals surface area contributed by atoms with Gasteiger partial charge in [0.15, 0.2) is 5.01 Å². The number of carbonyl (C=O) groups is 1. The molecule has 1 unspecified atom stereocenters. The van der Waals surface area contributed by atoms with Crippen LogP contribution in [0.15, 0.2) is 48.5 Å². The summed E-state index contributed by atoms with van der Waals surface area (Å²) < 4.78 is 0. The van der Waals surface area contributed by atoms with Crippen LogP contribution in [0.3, 0.4) is 0 Å². The summed E-state index contributed by atoms with van der Waals surface area (Å²) in [4.78, 5) is 14.1. The third-order valence-electron chi connectivity index (χ3n) is 3.75. The topological polar surface area (TPSA) is 46.1 Å². The lowest BCUT2D eigenvalue weighted by Crippen LogP contribution is -2.27. The molecule has 8 heteroatoms. The molecule has 1 atom stereocenters. The van der Waals surface area contributed by atoms with E-state index in [2.05, 4.69) is 10.2 Å². The summed E-state index contributed by atoms with van der Waals surface area (Å²) in [6.07, 6.45) is 0. The first-order chi connectivity index (χ1) is 12.1. The first kappa shape index (κ1) is 16.8. The number of hydrogen-bond acceptors (Lipinski definition) is 5. The molecular weight excluding hydrogens is 397 g/mol. The predicted molar refractivity (Wildman–Crippen MR) is 104 cm³/mol. The molecule has 0 spiro atoms. The molecule has 25 heavy (non-hydrogen) atoms.